The lowest BCUT2D eigenvalue weighted by molar-refractivity contribution is -0.104. The molecule has 0 spiro atoms. The molecule has 0 saturated heterocycles. The van der Waals surface area contributed by atoms with E-state index in [1.165, 1.54) is 5.57 Å². The van der Waals surface area contributed by atoms with Crippen molar-refractivity contribution in [2.45, 2.75) is 34.0 Å². The van der Waals surface area contributed by atoms with Gasteiger partial charge in [0.1, 0.15) is 0 Å². The summed E-state index contributed by atoms with van der Waals surface area (Å²) in [6.07, 6.45) is 1.82. The second-order valence-corrected chi connectivity index (χ2v) is 2.52. The molecule has 0 radical (unpaired) electrons. The molecule has 0 heterocycles. The van der Waals surface area contributed by atoms with Gasteiger partial charge in [0.05, 0.1) is 0 Å². The van der Waals surface area contributed by atoms with Crippen LogP contribution >= 0.6 is 0 Å². The molecule has 0 aliphatic rings. The van der Waals surface area contributed by atoms with E-state index < -0.39 is 0 Å². The maximum Gasteiger partial charge on any atom is 0.177 e. The second kappa shape index (κ2) is 6.38. The molecule has 66 valence electrons. The van der Waals surface area contributed by atoms with Gasteiger partial charge in [0, 0.05) is 13.2 Å². The van der Waals surface area contributed by atoms with Gasteiger partial charge >= 0.3 is 0 Å². The molecule has 0 unspecified atom stereocenters. The smallest absolute Gasteiger partial charge is 0.177 e. The van der Waals surface area contributed by atoms with Gasteiger partial charge in [0.25, 0.3) is 0 Å². The summed E-state index contributed by atoms with van der Waals surface area (Å²) in [4.78, 5) is 0. The third kappa shape index (κ3) is 6.07. The van der Waals surface area contributed by atoms with E-state index in [9.17, 15) is 0 Å². The Hall–Kier alpha value is -0.340. The lowest BCUT2D eigenvalue weighted by Crippen LogP contribution is -2.14. The first kappa shape index (κ1) is 10.7. The van der Waals surface area contributed by atoms with Crippen LogP contribution in [0.2, 0.25) is 0 Å². The highest BCUT2D eigenvalue weighted by molar-refractivity contribution is 4.95. The highest BCUT2D eigenvalue weighted by Crippen LogP contribution is 2.01. The van der Waals surface area contributed by atoms with Crippen molar-refractivity contribution in [3.63, 3.8) is 0 Å². The van der Waals surface area contributed by atoms with Crippen molar-refractivity contribution in [1.29, 1.82) is 0 Å². The molecule has 11 heavy (non-hydrogen) atoms. The third-order valence-electron chi connectivity index (χ3n) is 1.13. The molecule has 0 rings (SSSR count). The van der Waals surface area contributed by atoms with Gasteiger partial charge < -0.3 is 9.47 Å². The lowest BCUT2D eigenvalue weighted by Gasteiger charge is -2.12. The molecule has 0 saturated carbocycles. The van der Waals surface area contributed by atoms with E-state index in [1.807, 2.05) is 33.8 Å². The zero-order valence-corrected chi connectivity index (χ0v) is 7.89. The zero-order chi connectivity index (χ0) is 8.69. The van der Waals surface area contributed by atoms with E-state index in [-0.39, 0.29) is 6.29 Å². The van der Waals surface area contributed by atoms with Gasteiger partial charge in [-0.1, -0.05) is 5.57 Å². The first-order chi connectivity index (χ1) is 5.20. The van der Waals surface area contributed by atoms with Crippen molar-refractivity contribution < 1.29 is 9.47 Å². The van der Waals surface area contributed by atoms with Crippen LogP contribution in [0.4, 0.5) is 0 Å². The van der Waals surface area contributed by atoms with Crippen molar-refractivity contribution in [3.05, 3.63) is 11.6 Å². The van der Waals surface area contributed by atoms with Gasteiger partial charge in [0.15, 0.2) is 6.29 Å². The van der Waals surface area contributed by atoms with Gasteiger partial charge in [-0.15, -0.1) is 0 Å². The SMILES string of the molecule is CCOC(C=C(C)C)OCC. The molecular weight excluding hydrogens is 140 g/mol. The fraction of sp³-hybridized carbons (Fsp3) is 0.778. The summed E-state index contributed by atoms with van der Waals surface area (Å²) in [5, 5.41) is 0. The van der Waals surface area contributed by atoms with E-state index in [4.69, 9.17) is 9.47 Å². The van der Waals surface area contributed by atoms with Crippen molar-refractivity contribution in [2.24, 2.45) is 0 Å². The van der Waals surface area contributed by atoms with E-state index in [1.54, 1.807) is 0 Å². The molecule has 0 aliphatic heterocycles. The van der Waals surface area contributed by atoms with Gasteiger partial charge in [-0.3, -0.25) is 0 Å². The maximum absolute atomic E-state index is 5.29. The van der Waals surface area contributed by atoms with E-state index in [0.717, 1.165) is 0 Å². The molecule has 0 aromatic heterocycles. The van der Waals surface area contributed by atoms with E-state index in [2.05, 4.69) is 0 Å². The van der Waals surface area contributed by atoms with Crippen molar-refractivity contribution >= 4 is 0 Å². The van der Waals surface area contributed by atoms with Crippen molar-refractivity contribution in [1.82, 2.24) is 0 Å². The Morgan fingerprint density at radius 2 is 1.64 bits per heavy atom. The van der Waals surface area contributed by atoms with Crippen LogP contribution in [0.3, 0.4) is 0 Å². The predicted molar refractivity (Wildman–Crippen MR) is 46.5 cm³/mol. The summed E-state index contributed by atoms with van der Waals surface area (Å²) in [5.41, 5.74) is 1.22. The summed E-state index contributed by atoms with van der Waals surface area (Å²) in [6, 6.07) is 0. The summed E-state index contributed by atoms with van der Waals surface area (Å²) >= 11 is 0. The molecule has 0 aliphatic carbocycles. The van der Waals surface area contributed by atoms with Crippen LogP contribution in [-0.4, -0.2) is 19.5 Å². The van der Waals surface area contributed by atoms with Crippen LogP contribution in [0.5, 0.6) is 0 Å². The Bertz CT molecular complexity index is 109. The second-order valence-electron chi connectivity index (χ2n) is 2.52. The number of ether oxygens (including phenoxy) is 2. The van der Waals surface area contributed by atoms with Gasteiger partial charge in [-0.25, -0.2) is 0 Å². The van der Waals surface area contributed by atoms with Gasteiger partial charge in [-0.05, 0) is 33.8 Å². The lowest BCUT2D eigenvalue weighted by atomic mass is 10.3. The monoisotopic (exact) mass is 158 g/mol. The molecule has 0 aromatic rings. The van der Waals surface area contributed by atoms with E-state index >= 15 is 0 Å². The quantitative estimate of drug-likeness (QED) is 0.451. The van der Waals surface area contributed by atoms with Crippen LogP contribution in [0.15, 0.2) is 11.6 Å². The number of allylic oxidation sites excluding steroid dienone is 1. The first-order valence-electron chi connectivity index (χ1n) is 4.08. The first-order valence-corrected chi connectivity index (χ1v) is 4.08. The minimum Gasteiger partial charge on any atom is -0.349 e. The van der Waals surface area contributed by atoms with Crippen LogP contribution in [0, 0.1) is 0 Å². The summed E-state index contributed by atoms with van der Waals surface area (Å²) < 4.78 is 10.6. The Morgan fingerprint density at radius 1 is 1.18 bits per heavy atom. The number of rotatable bonds is 5. The zero-order valence-electron chi connectivity index (χ0n) is 7.89. The molecule has 2 heteroatoms. The van der Waals surface area contributed by atoms with Gasteiger partial charge in [0.2, 0.25) is 0 Å². The molecule has 0 aromatic carbocycles. The Balaban J connectivity index is 3.78. The van der Waals surface area contributed by atoms with Crippen LogP contribution in [0.1, 0.15) is 27.7 Å². The fourth-order valence-electron chi connectivity index (χ4n) is 0.745. The Morgan fingerprint density at radius 3 is 1.91 bits per heavy atom. The largest absolute Gasteiger partial charge is 0.349 e. The van der Waals surface area contributed by atoms with Crippen LogP contribution < -0.4 is 0 Å². The molecular formula is C9H18O2. The standard InChI is InChI=1S/C9H18O2/c1-5-10-9(11-6-2)7-8(3)4/h7,9H,5-6H2,1-4H3. The Kier molecular flexibility index (Phi) is 6.18. The van der Waals surface area contributed by atoms with E-state index in [0.29, 0.717) is 13.2 Å². The predicted octanol–water partition coefficient (Wildman–Crippen LogP) is 2.35. The molecule has 0 bridgehead atoms. The minimum atomic E-state index is -0.157. The van der Waals surface area contributed by atoms with Crippen molar-refractivity contribution in [3.8, 4) is 0 Å². The number of hydrogen-bond acceptors (Lipinski definition) is 2. The number of hydrogen-bond donors (Lipinski definition) is 0. The average molecular weight is 158 g/mol. The third-order valence-corrected chi connectivity index (χ3v) is 1.13. The minimum absolute atomic E-state index is 0.157. The highest BCUT2D eigenvalue weighted by atomic mass is 16.7. The molecule has 0 N–H and O–H groups in total. The topological polar surface area (TPSA) is 18.5 Å². The fourth-order valence-corrected chi connectivity index (χ4v) is 0.745. The van der Waals surface area contributed by atoms with Gasteiger partial charge in [-0.2, -0.15) is 0 Å². The summed E-state index contributed by atoms with van der Waals surface area (Å²) in [6.45, 7) is 9.37. The molecule has 0 amide bonds. The Labute approximate surface area is 69.2 Å². The molecule has 0 atom stereocenters. The molecule has 2 nitrogen and oxygen atoms in total. The highest BCUT2D eigenvalue weighted by Gasteiger charge is 2.01. The summed E-state index contributed by atoms with van der Waals surface area (Å²) in [5.74, 6) is 0. The molecule has 0 fully saturated rings. The van der Waals surface area contributed by atoms with Crippen LogP contribution in [0.25, 0.3) is 0 Å². The van der Waals surface area contributed by atoms with Crippen LogP contribution in [-0.2, 0) is 9.47 Å². The maximum atomic E-state index is 5.29. The normalized spacial score (nSPS) is 10.3. The van der Waals surface area contributed by atoms with Crippen molar-refractivity contribution in [2.75, 3.05) is 13.2 Å². The summed E-state index contributed by atoms with van der Waals surface area (Å²) in [7, 11) is 0. The average Bonchev–Trinajstić information content (AvgIpc) is 1.87.